The van der Waals surface area contributed by atoms with Crippen LogP contribution in [0.15, 0.2) is 22.6 Å². The SMILES string of the molecule is CCC(=O)c1cc2cc(C)cc(C(C)(C)C)c2o1. The summed E-state index contributed by atoms with van der Waals surface area (Å²) < 4.78 is 5.78. The number of furan rings is 1. The molecule has 96 valence electrons. The second-order valence-corrected chi connectivity index (χ2v) is 5.87. The zero-order valence-electron chi connectivity index (χ0n) is 11.8. The van der Waals surface area contributed by atoms with E-state index < -0.39 is 0 Å². The van der Waals surface area contributed by atoms with E-state index in [9.17, 15) is 4.79 Å². The lowest BCUT2D eigenvalue weighted by molar-refractivity contribution is 0.0963. The molecule has 0 saturated carbocycles. The summed E-state index contributed by atoms with van der Waals surface area (Å²) in [5.41, 5.74) is 3.22. The number of ketones is 1. The van der Waals surface area contributed by atoms with Crippen LogP contribution in [0, 0.1) is 6.92 Å². The number of hydrogen-bond donors (Lipinski definition) is 0. The average Bonchev–Trinajstić information content (AvgIpc) is 2.68. The molecule has 0 spiro atoms. The van der Waals surface area contributed by atoms with Crippen molar-refractivity contribution in [3.05, 3.63) is 35.1 Å². The number of carbonyl (C=O) groups is 1. The summed E-state index contributed by atoms with van der Waals surface area (Å²) in [5, 5.41) is 1.02. The molecule has 2 nitrogen and oxygen atoms in total. The molecule has 1 aromatic heterocycles. The predicted molar refractivity (Wildman–Crippen MR) is 74.3 cm³/mol. The minimum atomic E-state index is 0.00859. The fourth-order valence-corrected chi connectivity index (χ4v) is 2.17. The van der Waals surface area contributed by atoms with Gasteiger partial charge in [0.05, 0.1) is 0 Å². The lowest BCUT2D eigenvalue weighted by Gasteiger charge is -2.19. The smallest absolute Gasteiger partial charge is 0.197 e. The highest BCUT2D eigenvalue weighted by Gasteiger charge is 2.21. The van der Waals surface area contributed by atoms with E-state index in [1.54, 1.807) is 0 Å². The second-order valence-electron chi connectivity index (χ2n) is 5.87. The first kappa shape index (κ1) is 12.9. The molecule has 2 rings (SSSR count). The minimum Gasteiger partial charge on any atom is -0.453 e. The molecule has 2 heteroatoms. The highest BCUT2D eigenvalue weighted by molar-refractivity contribution is 5.98. The summed E-state index contributed by atoms with van der Waals surface area (Å²) in [5.74, 6) is 0.535. The zero-order chi connectivity index (χ0) is 13.5. The number of carbonyl (C=O) groups excluding carboxylic acids is 1. The molecular formula is C16H20O2. The first-order valence-corrected chi connectivity index (χ1v) is 6.41. The van der Waals surface area contributed by atoms with Gasteiger partial charge in [-0.2, -0.15) is 0 Å². The van der Waals surface area contributed by atoms with Gasteiger partial charge in [0.15, 0.2) is 11.5 Å². The van der Waals surface area contributed by atoms with Crippen molar-refractivity contribution in [2.24, 2.45) is 0 Å². The van der Waals surface area contributed by atoms with Crippen molar-refractivity contribution in [1.29, 1.82) is 0 Å². The summed E-state index contributed by atoms with van der Waals surface area (Å²) in [7, 11) is 0. The Bertz CT molecular complexity index is 597. The number of aryl methyl sites for hydroxylation is 1. The fourth-order valence-electron chi connectivity index (χ4n) is 2.17. The Hall–Kier alpha value is -1.57. The Morgan fingerprint density at radius 1 is 1.22 bits per heavy atom. The maximum Gasteiger partial charge on any atom is 0.197 e. The van der Waals surface area contributed by atoms with E-state index >= 15 is 0 Å². The summed E-state index contributed by atoms with van der Waals surface area (Å²) in [6.45, 7) is 10.4. The van der Waals surface area contributed by atoms with E-state index in [1.165, 1.54) is 5.56 Å². The normalized spacial score (nSPS) is 12.1. The molecule has 0 radical (unpaired) electrons. The van der Waals surface area contributed by atoms with E-state index in [-0.39, 0.29) is 11.2 Å². The van der Waals surface area contributed by atoms with E-state index in [2.05, 4.69) is 39.8 Å². The van der Waals surface area contributed by atoms with Gasteiger partial charge in [-0.25, -0.2) is 0 Å². The van der Waals surface area contributed by atoms with Gasteiger partial charge in [-0.15, -0.1) is 0 Å². The number of rotatable bonds is 2. The first-order chi connectivity index (χ1) is 8.32. The van der Waals surface area contributed by atoms with Crippen LogP contribution in [-0.2, 0) is 5.41 Å². The largest absolute Gasteiger partial charge is 0.453 e. The van der Waals surface area contributed by atoms with Gasteiger partial charge in [-0.1, -0.05) is 33.8 Å². The average molecular weight is 244 g/mol. The van der Waals surface area contributed by atoms with Gasteiger partial charge in [-0.05, 0) is 30.0 Å². The van der Waals surface area contributed by atoms with Crippen molar-refractivity contribution >= 4 is 16.8 Å². The molecule has 0 N–H and O–H groups in total. The third-order valence-electron chi connectivity index (χ3n) is 3.16. The molecule has 1 heterocycles. The van der Waals surface area contributed by atoms with Crippen molar-refractivity contribution in [2.75, 3.05) is 0 Å². The van der Waals surface area contributed by atoms with Crippen LogP contribution in [-0.4, -0.2) is 5.78 Å². The summed E-state index contributed by atoms with van der Waals surface area (Å²) in [6.07, 6.45) is 0.476. The number of benzene rings is 1. The molecular weight excluding hydrogens is 224 g/mol. The van der Waals surface area contributed by atoms with Crippen LogP contribution in [0.1, 0.15) is 55.8 Å². The van der Waals surface area contributed by atoms with Crippen molar-refractivity contribution in [2.45, 2.75) is 46.5 Å². The highest BCUT2D eigenvalue weighted by atomic mass is 16.3. The molecule has 0 amide bonds. The van der Waals surface area contributed by atoms with E-state index in [1.807, 2.05) is 13.0 Å². The second kappa shape index (κ2) is 4.27. The maximum atomic E-state index is 11.7. The van der Waals surface area contributed by atoms with Gasteiger partial charge in [-0.3, -0.25) is 4.79 Å². The summed E-state index contributed by atoms with van der Waals surface area (Å²) in [6, 6.07) is 6.08. The van der Waals surface area contributed by atoms with E-state index in [0.717, 1.165) is 16.5 Å². The van der Waals surface area contributed by atoms with Gasteiger partial charge in [0.25, 0.3) is 0 Å². The van der Waals surface area contributed by atoms with Crippen LogP contribution in [0.2, 0.25) is 0 Å². The van der Waals surface area contributed by atoms with E-state index in [4.69, 9.17) is 4.42 Å². The monoisotopic (exact) mass is 244 g/mol. The standard InChI is InChI=1S/C16H20O2/c1-6-13(17)14-9-11-7-10(2)8-12(15(11)18-14)16(3,4)5/h7-9H,6H2,1-5H3. The third-order valence-corrected chi connectivity index (χ3v) is 3.16. The number of Topliss-reactive ketones (excluding diaryl/α,β-unsaturated/α-hetero) is 1. The third kappa shape index (κ3) is 2.20. The van der Waals surface area contributed by atoms with Crippen molar-refractivity contribution in [1.82, 2.24) is 0 Å². The van der Waals surface area contributed by atoms with Crippen molar-refractivity contribution in [3.63, 3.8) is 0 Å². The van der Waals surface area contributed by atoms with Gasteiger partial charge in [0.1, 0.15) is 5.58 Å². The Kier molecular flexibility index (Phi) is 3.05. The quantitative estimate of drug-likeness (QED) is 0.721. The van der Waals surface area contributed by atoms with Crippen LogP contribution in [0.4, 0.5) is 0 Å². The Labute approximate surface area is 108 Å². The Morgan fingerprint density at radius 3 is 2.44 bits per heavy atom. The summed E-state index contributed by atoms with van der Waals surface area (Å²) >= 11 is 0. The lowest BCUT2D eigenvalue weighted by atomic mass is 9.85. The van der Waals surface area contributed by atoms with Gasteiger partial charge in [0.2, 0.25) is 0 Å². The van der Waals surface area contributed by atoms with Gasteiger partial charge in [0, 0.05) is 17.4 Å². The van der Waals surface area contributed by atoms with E-state index in [0.29, 0.717) is 12.2 Å². The number of hydrogen-bond acceptors (Lipinski definition) is 2. The van der Waals surface area contributed by atoms with Crippen LogP contribution >= 0.6 is 0 Å². The van der Waals surface area contributed by atoms with Crippen LogP contribution in [0.5, 0.6) is 0 Å². The zero-order valence-corrected chi connectivity index (χ0v) is 11.8. The van der Waals surface area contributed by atoms with Crippen molar-refractivity contribution in [3.8, 4) is 0 Å². The minimum absolute atomic E-state index is 0.00859. The molecule has 0 aliphatic rings. The Morgan fingerprint density at radius 2 is 1.89 bits per heavy atom. The van der Waals surface area contributed by atoms with Gasteiger partial charge < -0.3 is 4.42 Å². The molecule has 0 atom stereocenters. The molecule has 0 aliphatic heterocycles. The van der Waals surface area contributed by atoms with Crippen molar-refractivity contribution < 1.29 is 9.21 Å². The maximum absolute atomic E-state index is 11.7. The summed E-state index contributed by atoms with van der Waals surface area (Å²) in [4.78, 5) is 11.7. The predicted octanol–water partition coefficient (Wildman–Crippen LogP) is 4.63. The molecule has 1 aromatic carbocycles. The molecule has 2 aromatic rings. The van der Waals surface area contributed by atoms with Gasteiger partial charge >= 0.3 is 0 Å². The first-order valence-electron chi connectivity index (χ1n) is 6.41. The Balaban J connectivity index is 2.72. The molecule has 0 fully saturated rings. The fraction of sp³-hybridized carbons (Fsp3) is 0.438. The van der Waals surface area contributed by atoms with Crippen LogP contribution < -0.4 is 0 Å². The highest BCUT2D eigenvalue weighted by Crippen LogP contribution is 2.33. The molecule has 0 bridgehead atoms. The number of fused-ring (bicyclic) bond motifs is 1. The molecule has 0 aliphatic carbocycles. The molecule has 18 heavy (non-hydrogen) atoms. The molecule has 0 saturated heterocycles. The van der Waals surface area contributed by atoms with Crippen LogP contribution in [0.3, 0.4) is 0 Å². The topological polar surface area (TPSA) is 30.2 Å². The molecule has 0 unspecified atom stereocenters. The van der Waals surface area contributed by atoms with Crippen LogP contribution in [0.25, 0.3) is 11.0 Å². The lowest BCUT2D eigenvalue weighted by Crippen LogP contribution is -2.11.